The van der Waals surface area contributed by atoms with Crippen LogP contribution in [0.25, 0.3) is 20.8 Å². The Morgan fingerprint density at radius 2 is 1.85 bits per heavy atom. The second-order valence-corrected chi connectivity index (χ2v) is 11.2. The van der Waals surface area contributed by atoms with Crippen molar-refractivity contribution in [2.24, 2.45) is 11.8 Å². The lowest BCUT2D eigenvalue weighted by Crippen LogP contribution is -2.40. The quantitative estimate of drug-likeness (QED) is 0.341. The summed E-state index contributed by atoms with van der Waals surface area (Å²) in [6.07, 6.45) is 0.0760. The normalized spacial score (nSPS) is 23.1. The molecular formula is C24H34N6O3S. The molecule has 1 aliphatic rings. The first-order valence-electron chi connectivity index (χ1n) is 11.7. The standard InChI is InChI=1S/C24H34N6O3S/c1-11(2)10-26-23-27-12(3)17(22-29-18-13(4)25-8-7-16(18)34-22)21(30-23)28-15-9-14(24(5,6)33)19(31)20(15)32/h7-8,11,14-15,19-20,31-33H,9-10H2,1-6H3,(H2,26,27,28,30)/t14-,15+,19+,20-/m0/s1. The fourth-order valence-corrected chi connectivity index (χ4v) is 5.56. The molecule has 0 bridgehead atoms. The van der Waals surface area contributed by atoms with E-state index in [0.29, 0.717) is 24.1 Å². The minimum absolute atomic E-state index is 0.395. The highest BCUT2D eigenvalue weighted by atomic mass is 32.1. The van der Waals surface area contributed by atoms with Crippen LogP contribution in [0.5, 0.6) is 0 Å². The van der Waals surface area contributed by atoms with E-state index in [0.717, 1.165) is 38.7 Å². The van der Waals surface area contributed by atoms with Gasteiger partial charge in [-0.2, -0.15) is 4.98 Å². The number of hydrogen-bond acceptors (Lipinski definition) is 10. The molecule has 10 heteroatoms. The van der Waals surface area contributed by atoms with Gasteiger partial charge in [0.25, 0.3) is 0 Å². The smallest absolute Gasteiger partial charge is 0.224 e. The average molecular weight is 487 g/mol. The van der Waals surface area contributed by atoms with Crippen LogP contribution in [-0.4, -0.2) is 65.7 Å². The number of aliphatic hydroxyl groups is 3. The van der Waals surface area contributed by atoms with Crippen LogP contribution in [0.2, 0.25) is 0 Å². The minimum atomic E-state index is -1.12. The number of fused-ring (bicyclic) bond motifs is 1. The number of anilines is 2. The summed E-state index contributed by atoms with van der Waals surface area (Å²) in [7, 11) is 0. The molecule has 34 heavy (non-hydrogen) atoms. The average Bonchev–Trinajstić information content (AvgIpc) is 3.29. The molecule has 3 heterocycles. The lowest BCUT2D eigenvalue weighted by atomic mass is 9.88. The largest absolute Gasteiger partial charge is 0.390 e. The molecule has 3 aromatic rings. The van der Waals surface area contributed by atoms with Gasteiger partial charge in [0.05, 0.1) is 39.4 Å². The second-order valence-electron chi connectivity index (χ2n) is 10.1. The third kappa shape index (κ3) is 4.86. The number of aryl methyl sites for hydroxylation is 2. The van der Waals surface area contributed by atoms with Gasteiger partial charge in [0.15, 0.2) is 0 Å². The van der Waals surface area contributed by atoms with Gasteiger partial charge in [-0.05, 0) is 46.1 Å². The van der Waals surface area contributed by atoms with Crippen molar-refractivity contribution in [1.29, 1.82) is 0 Å². The van der Waals surface area contributed by atoms with E-state index in [9.17, 15) is 15.3 Å². The molecule has 3 aromatic heterocycles. The van der Waals surface area contributed by atoms with Gasteiger partial charge in [-0.3, -0.25) is 4.98 Å². The van der Waals surface area contributed by atoms with Crippen LogP contribution in [0, 0.1) is 25.7 Å². The lowest BCUT2D eigenvalue weighted by molar-refractivity contribution is -0.0601. The molecule has 1 fully saturated rings. The number of hydrogen-bond donors (Lipinski definition) is 5. The Morgan fingerprint density at radius 1 is 1.12 bits per heavy atom. The fraction of sp³-hybridized carbons (Fsp3) is 0.583. The third-order valence-corrected chi connectivity index (χ3v) is 7.41. The Morgan fingerprint density at radius 3 is 2.47 bits per heavy atom. The summed E-state index contributed by atoms with van der Waals surface area (Å²) in [6.45, 7) is 12.1. The first kappa shape index (κ1) is 24.7. The maximum Gasteiger partial charge on any atom is 0.224 e. The third-order valence-electron chi connectivity index (χ3n) is 6.37. The van der Waals surface area contributed by atoms with Crippen LogP contribution >= 0.6 is 11.3 Å². The van der Waals surface area contributed by atoms with Crippen LogP contribution in [0.3, 0.4) is 0 Å². The van der Waals surface area contributed by atoms with Crippen molar-refractivity contribution in [3.63, 3.8) is 0 Å². The van der Waals surface area contributed by atoms with Gasteiger partial charge in [-0.15, -0.1) is 11.3 Å². The van der Waals surface area contributed by atoms with E-state index >= 15 is 0 Å². The molecule has 4 rings (SSSR count). The maximum absolute atomic E-state index is 10.8. The molecule has 9 nitrogen and oxygen atoms in total. The molecule has 184 valence electrons. The second kappa shape index (κ2) is 9.33. The Kier molecular flexibility index (Phi) is 6.78. The van der Waals surface area contributed by atoms with E-state index in [1.807, 2.05) is 19.9 Å². The van der Waals surface area contributed by atoms with Crippen molar-refractivity contribution in [3.8, 4) is 10.6 Å². The number of thiazole rings is 1. The van der Waals surface area contributed by atoms with Crippen molar-refractivity contribution in [2.75, 3.05) is 17.2 Å². The first-order valence-corrected chi connectivity index (χ1v) is 12.5. The number of aromatic nitrogens is 4. The number of rotatable bonds is 7. The Bertz CT molecular complexity index is 1180. The summed E-state index contributed by atoms with van der Waals surface area (Å²) in [6, 6.07) is 1.45. The molecule has 0 amide bonds. The number of pyridine rings is 1. The SMILES string of the molecule is Cc1nc(NCC(C)C)nc(N[C@@H]2C[C@H](C(C)(C)O)[C@@H](O)[C@H]2O)c1-c1nc2c(C)nccc2s1. The molecule has 4 atom stereocenters. The van der Waals surface area contributed by atoms with E-state index in [1.165, 1.54) is 11.3 Å². The van der Waals surface area contributed by atoms with Crippen molar-refractivity contribution < 1.29 is 15.3 Å². The van der Waals surface area contributed by atoms with Gasteiger partial charge in [-0.25, -0.2) is 9.97 Å². The zero-order chi connectivity index (χ0) is 24.8. The molecular weight excluding hydrogens is 452 g/mol. The first-order chi connectivity index (χ1) is 16.0. The van der Waals surface area contributed by atoms with Crippen molar-refractivity contribution in [1.82, 2.24) is 19.9 Å². The van der Waals surface area contributed by atoms with Crippen molar-refractivity contribution in [3.05, 3.63) is 23.7 Å². The maximum atomic E-state index is 10.8. The summed E-state index contributed by atoms with van der Waals surface area (Å²) < 4.78 is 1.02. The van der Waals surface area contributed by atoms with E-state index in [1.54, 1.807) is 20.0 Å². The van der Waals surface area contributed by atoms with Crippen LogP contribution in [0.15, 0.2) is 12.3 Å². The number of aliphatic hydroxyl groups excluding tert-OH is 2. The zero-order valence-corrected chi connectivity index (χ0v) is 21.3. The molecule has 0 unspecified atom stereocenters. The van der Waals surface area contributed by atoms with Crippen LogP contribution < -0.4 is 10.6 Å². The monoisotopic (exact) mass is 486 g/mol. The summed E-state index contributed by atoms with van der Waals surface area (Å²) in [5, 5.41) is 39.3. The summed E-state index contributed by atoms with van der Waals surface area (Å²) in [5.74, 6) is 0.972. The van der Waals surface area contributed by atoms with E-state index in [2.05, 4.69) is 34.4 Å². The van der Waals surface area contributed by atoms with Crippen LogP contribution in [-0.2, 0) is 0 Å². The highest BCUT2D eigenvalue weighted by Crippen LogP contribution is 2.40. The Balaban J connectivity index is 1.76. The zero-order valence-electron chi connectivity index (χ0n) is 20.5. The van der Waals surface area contributed by atoms with Crippen molar-refractivity contribution >= 4 is 33.3 Å². The van der Waals surface area contributed by atoms with Crippen LogP contribution in [0.1, 0.15) is 45.5 Å². The predicted molar refractivity (Wildman–Crippen MR) is 135 cm³/mol. The van der Waals surface area contributed by atoms with Gasteiger partial charge >= 0.3 is 0 Å². The molecule has 0 aliphatic heterocycles. The summed E-state index contributed by atoms with van der Waals surface area (Å²) in [4.78, 5) is 18.6. The van der Waals surface area contributed by atoms with Gasteiger partial charge < -0.3 is 26.0 Å². The van der Waals surface area contributed by atoms with E-state index in [4.69, 9.17) is 9.97 Å². The molecule has 5 N–H and O–H groups in total. The topological polar surface area (TPSA) is 136 Å². The van der Waals surface area contributed by atoms with Crippen molar-refractivity contribution in [2.45, 2.75) is 71.8 Å². The Labute approximate surface area is 203 Å². The van der Waals surface area contributed by atoms with Gasteiger partial charge in [0.2, 0.25) is 5.95 Å². The Hall–Kier alpha value is -2.40. The highest BCUT2D eigenvalue weighted by Gasteiger charge is 2.48. The molecule has 1 aliphatic carbocycles. The molecule has 1 saturated carbocycles. The molecule has 0 radical (unpaired) electrons. The van der Waals surface area contributed by atoms with Crippen LogP contribution in [0.4, 0.5) is 11.8 Å². The van der Waals surface area contributed by atoms with Gasteiger partial charge in [-0.1, -0.05) is 13.8 Å². The molecule has 0 aromatic carbocycles. The number of nitrogens with one attached hydrogen (secondary N) is 2. The minimum Gasteiger partial charge on any atom is -0.390 e. The van der Waals surface area contributed by atoms with Gasteiger partial charge in [0, 0.05) is 18.7 Å². The fourth-order valence-electron chi connectivity index (χ4n) is 4.45. The number of nitrogens with zero attached hydrogens (tertiary/aromatic N) is 4. The predicted octanol–water partition coefficient (Wildman–Crippen LogP) is 3.13. The summed E-state index contributed by atoms with van der Waals surface area (Å²) in [5.41, 5.74) is 2.08. The lowest BCUT2D eigenvalue weighted by Gasteiger charge is -2.28. The molecule has 0 saturated heterocycles. The summed E-state index contributed by atoms with van der Waals surface area (Å²) >= 11 is 1.54. The van der Waals surface area contributed by atoms with E-state index in [-0.39, 0.29) is 0 Å². The highest BCUT2D eigenvalue weighted by molar-refractivity contribution is 7.21. The molecule has 0 spiro atoms. The van der Waals surface area contributed by atoms with E-state index < -0.39 is 29.8 Å². The van der Waals surface area contributed by atoms with Gasteiger partial charge in [0.1, 0.15) is 22.4 Å².